The SMILES string of the molecule is O=C(c1scnc1C1CC1)N1CCCC(O)C1. The van der Waals surface area contributed by atoms with Gasteiger partial charge in [-0.1, -0.05) is 0 Å². The second-order valence-electron chi connectivity index (χ2n) is 4.89. The average molecular weight is 252 g/mol. The lowest BCUT2D eigenvalue weighted by molar-refractivity contribution is 0.0476. The first kappa shape index (κ1) is 11.2. The Balaban J connectivity index is 1.78. The number of hydrogen-bond acceptors (Lipinski definition) is 4. The predicted molar refractivity (Wildman–Crippen MR) is 65.2 cm³/mol. The number of piperidine rings is 1. The van der Waals surface area contributed by atoms with Gasteiger partial charge in [-0.15, -0.1) is 11.3 Å². The van der Waals surface area contributed by atoms with Gasteiger partial charge in [0.1, 0.15) is 4.88 Å². The molecule has 92 valence electrons. The van der Waals surface area contributed by atoms with Crippen LogP contribution in [0.2, 0.25) is 0 Å². The number of aliphatic hydroxyl groups excluding tert-OH is 1. The summed E-state index contributed by atoms with van der Waals surface area (Å²) in [5, 5.41) is 9.61. The van der Waals surface area contributed by atoms with E-state index in [2.05, 4.69) is 4.98 Å². The Hall–Kier alpha value is -0.940. The maximum Gasteiger partial charge on any atom is 0.265 e. The van der Waals surface area contributed by atoms with E-state index >= 15 is 0 Å². The minimum atomic E-state index is -0.356. The van der Waals surface area contributed by atoms with Crippen molar-refractivity contribution in [1.82, 2.24) is 9.88 Å². The lowest BCUT2D eigenvalue weighted by Gasteiger charge is -2.29. The van der Waals surface area contributed by atoms with Crippen molar-refractivity contribution in [3.05, 3.63) is 16.1 Å². The van der Waals surface area contributed by atoms with E-state index in [0.717, 1.165) is 42.8 Å². The molecule has 1 N–H and O–H groups in total. The van der Waals surface area contributed by atoms with Crippen LogP contribution < -0.4 is 0 Å². The van der Waals surface area contributed by atoms with E-state index in [1.165, 1.54) is 11.3 Å². The van der Waals surface area contributed by atoms with Gasteiger partial charge in [0, 0.05) is 19.0 Å². The number of aliphatic hydroxyl groups is 1. The van der Waals surface area contributed by atoms with Crippen LogP contribution in [-0.4, -0.2) is 40.1 Å². The number of carbonyl (C=O) groups excluding carboxylic acids is 1. The summed E-state index contributed by atoms with van der Waals surface area (Å²) >= 11 is 1.44. The fraction of sp³-hybridized carbons (Fsp3) is 0.667. The zero-order valence-electron chi connectivity index (χ0n) is 9.63. The zero-order chi connectivity index (χ0) is 11.8. The molecule has 1 aliphatic carbocycles. The van der Waals surface area contributed by atoms with Crippen LogP contribution in [0, 0.1) is 0 Å². The van der Waals surface area contributed by atoms with Gasteiger partial charge in [0.05, 0.1) is 17.3 Å². The number of β-amino-alcohol motifs (C(OH)–C–C–N with tert-alkyl or cyclic N) is 1. The van der Waals surface area contributed by atoms with Gasteiger partial charge in [0.25, 0.3) is 5.91 Å². The Morgan fingerprint density at radius 3 is 3.00 bits per heavy atom. The third-order valence-corrected chi connectivity index (χ3v) is 4.27. The fourth-order valence-corrected chi connectivity index (χ4v) is 3.19. The molecule has 1 amide bonds. The second kappa shape index (κ2) is 4.38. The molecule has 1 unspecified atom stereocenters. The van der Waals surface area contributed by atoms with Gasteiger partial charge in [0.15, 0.2) is 0 Å². The summed E-state index contributed by atoms with van der Waals surface area (Å²) in [6.45, 7) is 1.23. The first-order valence-corrected chi connectivity index (χ1v) is 7.04. The van der Waals surface area contributed by atoms with Crippen LogP contribution in [0.25, 0.3) is 0 Å². The Labute approximate surface area is 104 Å². The van der Waals surface area contributed by atoms with Gasteiger partial charge in [0.2, 0.25) is 0 Å². The van der Waals surface area contributed by atoms with Crippen molar-refractivity contribution in [2.75, 3.05) is 13.1 Å². The van der Waals surface area contributed by atoms with Crippen LogP contribution in [0.5, 0.6) is 0 Å². The van der Waals surface area contributed by atoms with Crippen molar-refractivity contribution in [3.63, 3.8) is 0 Å². The van der Waals surface area contributed by atoms with Gasteiger partial charge in [-0.3, -0.25) is 4.79 Å². The maximum absolute atomic E-state index is 12.3. The molecule has 0 radical (unpaired) electrons. The van der Waals surface area contributed by atoms with E-state index in [1.54, 1.807) is 10.4 Å². The molecule has 0 aromatic carbocycles. The van der Waals surface area contributed by atoms with Gasteiger partial charge < -0.3 is 10.0 Å². The molecule has 0 bridgehead atoms. The second-order valence-corrected chi connectivity index (χ2v) is 5.74. The van der Waals surface area contributed by atoms with Crippen molar-refractivity contribution >= 4 is 17.2 Å². The first-order chi connectivity index (χ1) is 8.25. The highest BCUT2D eigenvalue weighted by Gasteiger charge is 2.33. The molecule has 1 aliphatic heterocycles. The summed E-state index contributed by atoms with van der Waals surface area (Å²) in [4.78, 5) is 19.2. The molecule has 17 heavy (non-hydrogen) atoms. The molecule has 1 saturated carbocycles. The number of aromatic nitrogens is 1. The summed E-state index contributed by atoms with van der Waals surface area (Å²) in [6.07, 6.45) is 3.66. The predicted octanol–water partition coefficient (Wildman–Crippen LogP) is 1.62. The third kappa shape index (κ3) is 2.21. The van der Waals surface area contributed by atoms with Gasteiger partial charge in [-0.25, -0.2) is 4.98 Å². The molecule has 1 aromatic heterocycles. The highest BCUT2D eigenvalue weighted by Crippen LogP contribution is 2.42. The quantitative estimate of drug-likeness (QED) is 0.870. The molecule has 1 atom stereocenters. The van der Waals surface area contributed by atoms with E-state index in [0.29, 0.717) is 12.5 Å². The zero-order valence-corrected chi connectivity index (χ0v) is 10.4. The largest absolute Gasteiger partial charge is 0.391 e. The summed E-state index contributed by atoms with van der Waals surface area (Å²) in [5.41, 5.74) is 2.75. The third-order valence-electron chi connectivity index (χ3n) is 3.44. The van der Waals surface area contributed by atoms with E-state index in [1.807, 2.05) is 0 Å². The molecule has 5 heteroatoms. The van der Waals surface area contributed by atoms with Crippen LogP contribution in [0.3, 0.4) is 0 Å². The van der Waals surface area contributed by atoms with Crippen LogP contribution >= 0.6 is 11.3 Å². The van der Waals surface area contributed by atoms with E-state index in [-0.39, 0.29) is 12.0 Å². The van der Waals surface area contributed by atoms with E-state index in [9.17, 15) is 9.90 Å². The molecule has 2 fully saturated rings. The molecule has 2 heterocycles. The van der Waals surface area contributed by atoms with Crippen LogP contribution in [0.4, 0.5) is 0 Å². The molecular weight excluding hydrogens is 236 g/mol. The van der Waals surface area contributed by atoms with E-state index < -0.39 is 0 Å². The number of hydrogen-bond donors (Lipinski definition) is 1. The Kier molecular flexibility index (Phi) is 2.88. The number of rotatable bonds is 2. The number of thiazole rings is 1. The van der Waals surface area contributed by atoms with Crippen molar-refractivity contribution in [2.45, 2.75) is 37.7 Å². The highest BCUT2D eigenvalue weighted by atomic mass is 32.1. The van der Waals surface area contributed by atoms with Gasteiger partial charge >= 0.3 is 0 Å². The summed E-state index contributed by atoms with van der Waals surface area (Å²) in [7, 11) is 0. The van der Waals surface area contributed by atoms with Crippen LogP contribution in [0.1, 0.15) is 47.0 Å². The molecule has 1 saturated heterocycles. The standard InChI is InChI=1S/C12H16N2O2S/c15-9-2-1-5-14(6-9)12(16)11-10(8-3-4-8)13-7-17-11/h7-9,15H,1-6H2. The van der Waals surface area contributed by atoms with Crippen LogP contribution in [0.15, 0.2) is 5.51 Å². The smallest absolute Gasteiger partial charge is 0.265 e. The number of likely N-dealkylation sites (tertiary alicyclic amines) is 1. The Morgan fingerprint density at radius 1 is 1.47 bits per heavy atom. The highest BCUT2D eigenvalue weighted by molar-refractivity contribution is 7.11. The summed E-state index contributed by atoms with van der Waals surface area (Å²) in [6, 6.07) is 0. The number of nitrogens with zero attached hydrogens (tertiary/aromatic N) is 2. The van der Waals surface area contributed by atoms with Gasteiger partial charge in [-0.05, 0) is 25.7 Å². The van der Waals surface area contributed by atoms with E-state index in [4.69, 9.17) is 0 Å². The molecule has 1 aromatic rings. The monoisotopic (exact) mass is 252 g/mol. The maximum atomic E-state index is 12.3. The molecule has 0 spiro atoms. The summed E-state index contributed by atoms with van der Waals surface area (Å²) < 4.78 is 0. The molecule has 2 aliphatic rings. The lowest BCUT2D eigenvalue weighted by atomic mass is 10.1. The fourth-order valence-electron chi connectivity index (χ4n) is 2.35. The summed E-state index contributed by atoms with van der Waals surface area (Å²) in [5.74, 6) is 0.572. The number of amides is 1. The molecular formula is C12H16N2O2S. The first-order valence-electron chi connectivity index (χ1n) is 6.16. The van der Waals surface area contributed by atoms with Gasteiger partial charge in [-0.2, -0.15) is 0 Å². The minimum Gasteiger partial charge on any atom is -0.391 e. The molecule has 3 rings (SSSR count). The van der Waals surface area contributed by atoms with Crippen molar-refractivity contribution in [1.29, 1.82) is 0 Å². The van der Waals surface area contributed by atoms with Crippen molar-refractivity contribution in [2.24, 2.45) is 0 Å². The molecule has 4 nitrogen and oxygen atoms in total. The topological polar surface area (TPSA) is 53.4 Å². The minimum absolute atomic E-state index is 0.0631. The Bertz CT molecular complexity index is 428. The van der Waals surface area contributed by atoms with Crippen molar-refractivity contribution < 1.29 is 9.90 Å². The van der Waals surface area contributed by atoms with Crippen LogP contribution in [-0.2, 0) is 0 Å². The normalized spacial score (nSPS) is 25.0. The lowest BCUT2D eigenvalue weighted by Crippen LogP contribution is -2.42. The Morgan fingerprint density at radius 2 is 2.29 bits per heavy atom. The number of carbonyl (C=O) groups is 1. The van der Waals surface area contributed by atoms with Crippen molar-refractivity contribution in [3.8, 4) is 0 Å². The average Bonchev–Trinajstić information content (AvgIpc) is 3.06.